The molecule has 0 aliphatic rings. The number of benzene rings is 1. The third kappa shape index (κ3) is 6.08. The molecule has 14 heteroatoms. The lowest BCUT2D eigenvalue weighted by molar-refractivity contribution is 0.0985. The van der Waals surface area contributed by atoms with Gasteiger partial charge in [0.15, 0.2) is 5.82 Å². The molecule has 0 unspecified atom stereocenters. The van der Waals surface area contributed by atoms with Crippen LogP contribution in [0.1, 0.15) is 44.1 Å². The predicted molar refractivity (Wildman–Crippen MR) is 143 cm³/mol. The Hall–Kier alpha value is -4.04. The summed E-state index contributed by atoms with van der Waals surface area (Å²) >= 11 is 0. The number of aromatic nitrogens is 5. The third-order valence-corrected chi connectivity index (χ3v) is 7.22. The van der Waals surface area contributed by atoms with Crippen molar-refractivity contribution in [2.45, 2.75) is 39.0 Å². The molecular weight excluding hydrogens is 512 g/mol. The molecule has 13 nitrogen and oxygen atoms in total. The second-order valence-electron chi connectivity index (χ2n) is 8.37. The summed E-state index contributed by atoms with van der Waals surface area (Å²) in [6.45, 7) is 10.5. The minimum Gasteiger partial charge on any atom is -0.494 e. The zero-order valence-electron chi connectivity index (χ0n) is 22.4. The molecule has 0 saturated heterocycles. The molecule has 1 aromatic carbocycles. The number of anilines is 1. The van der Waals surface area contributed by atoms with Crippen LogP contribution in [0.2, 0.25) is 0 Å². The monoisotopic (exact) mass is 544 g/mol. The molecule has 0 bridgehead atoms. The van der Waals surface area contributed by atoms with Crippen molar-refractivity contribution in [3.05, 3.63) is 60.1 Å². The molecule has 2 atom stereocenters. The van der Waals surface area contributed by atoms with Crippen LogP contribution in [0.3, 0.4) is 0 Å². The maximum atomic E-state index is 13.6. The Kier molecular flexibility index (Phi) is 9.01. The topological polar surface area (TPSA) is 155 Å². The first-order valence-corrected chi connectivity index (χ1v) is 13.0. The molecular formula is C24H32N8O5S. The van der Waals surface area contributed by atoms with Crippen LogP contribution in [-0.4, -0.2) is 65.4 Å². The summed E-state index contributed by atoms with van der Waals surface area (Å²) < 4.78 is 47.8. The quantitative estimate of drug-likeness (QED) is 0.257. The average Bonchev–Trinajstić information content (AvgIpc) is 3.30. The maximum Gasteiger partial charge on any atom is 0.243 e. The molecule has 0 spiro atoms. The van der Waals surface area contributed by atoms with Crippen molar-refractivity contribution in [1.29, 1.82) is 0 Å². The highest BCUT2D eigenvalue weighted by atomic mass is 32.2. The first-order chi connectivity index (χ1) is 18.0. The van der Waals surface area contributed by atoms with Gasteiger partial charge in [0.05, 0.1) is 31.8 Å². The largest absolute Gasteiger partial charge is 0.494 e. The van der Waals surface area contributed by atoms with Gasteiger partial charge in [-0.05, 0) is 39.8 Å². The summed E-state index contributed by atoms with van der Waals surface area (Å²) in [5.74, 6) is 0.914. The molecule has 3 rings (SSSR count). The summed E-state index contributed by atoms with van der Waals surface area (Å²) in [5.41, 5.74) is 5.23. The van der Waals surface area contributed by atoms with E-state index < -0.39 is 21.4 Å². The summed E-state index contributed by atoms with van der Waals surface area (Å²) in [6.07, 6.45) is 2.14. The Bertz CT molecular complexity index is 1400. The fraction of sp³-hybridized carbons (Fsp3) is 0.375. The molecule has 204 valence electrons. The van der Waals surface area contributed by atoms with E-state index in [1.807, 2.05) is 0 Å². The van der Waals surface area contributed by atoms with Gasteiger partial charge in [0, 0.05) is 19.0 Å². The number of hydrazone groups is 1. The molecule has 0 saturated carbocycles. The van der Waals surface area contributed by atoms with E-state index in [4.69, 9.17) is 14.2 Å². The van der Waals surface area contributed by atoms with Crippen LogP contribution in [0, 0.1) is 6.92 Å². The number of nitrogens with zero attached hydrogens (tertiary/aromatic N) is 6. The Morgan fingerprint density at radius 3 is 2.26 bits per heavy atom. The van der Waals surface area contributed by atoms with Gasteiger partial charge in [-0.3, -0.25) is 24.7 Å². The lowest BCUT2D eigenvalue weighted by atomic mass is 10.2. The maximum absolute atomic E-state index is 13.6. The van der Waals surface area contributed by atoms with Crippen molar-refractivity contribution in [2.75, 3.05) is 26.1 Å². The first-order valence-electron chi connectivity index (χ1n) is 11.5. The van der Waals surface area contributed by atoms with Crippen molar-refractivity contribution in [3.8, 4) is 17.2 Å². The van der Waals surface area contributed by atoms with E-state index in [2.05, 4.69) is 42.0 Å². The first kappa shape index (κ1) is 28.5. The molecule has 0 aliphatic heterocycles. The number of nitrogens with one attached hydrogen (secondary N) is 2. The van der Waals surface area contributed by atoms with Gasteiger partial charge in [-0.25, -0.2) is 8.42 Å². The zero-order valence-corrected chi connectivity index (χ0v) is 23.2. The highest BCUT2D eigenvalue weighted by Crippen LogP contribution is 2.36. The summed E-state index contributed by atoms with van der Waals surface area (Å²) in [7, 11) is 0.281. The molecule has 0 fully saturated rings. The molecule has 2 aromatic heterocycles. The summed E-state index contributed by atoms with van der Waals surface area (Å²) in [4.78, 5) is 8.49. The van der Waals surface area contributed by atoms with Crippen molar-refractivity contribution < 1.29 is 22.6 Å². The number of para-hydroxylation sites is 1. The van der Waals surface area contributed by atoms with Crippen LogP contribution in [0.25, 0.3) is 5.69 Å². The Labute approximate surface area is 222 Å². The standard InChI is InChI=1S/C24H32N8O5S/c1-14(2)27-28-16(4)23-29-30-24(32(23)21-19(35-6)10-9-11-20(21)36-7)31-38(33,34)17(5)22(37-8)18-13-25-15(3)12-26-18/h9-13,17,22,27H,1H2,2-8H3,(H,30,31)/b28-16+/t17-,22-/m0/s1. The number of aryl methyl sites for hydroxylation is 1. The van der Waals surface area contributed by atoms with E-state index in [9.17, 15) is 8.42 Å². The fourth-order valence-electron chi connectivity index (χ4n) is 3.56. The highest BCUT2D eigenvalue weighted by Gasteiger charge is 2.34. The van der Waals surface area contributed by atoms with Gasteiger partial charge in [0.25, 0.3) is 0 Å². The summed E-state index contributed by atoms with van der Waals surface area (Å²) in [6, 6.07) is 5.16. The van der Waals surface area contributed by atoms with Crippen molar-refractivity contribution in [1.82, 2.24) is 30.2 Å². The Balaban J connectivity index is 2.14. The predicted octanol–water partition coefficient (Wildman–Crippen LogP) is 2.75. The molecule has 3 aromatic rings. The van der Waals surface area contributed by atoms with Crippen LogP contribution < -0.4 is 19.6 Å². The van der Waals surface area contributed by atoms with E-state index in [1.54, 1.807) is 45.2 Å². The highest BCUT2D eigenvalue weighted by molar-refractivity contribution is 7.93. The Morgan fingerprint density at radius 2 is 1.74 bits per heavy atom. The SMILES string of the molecule is C=C(C)N/N=C(\C)c1nnc(NS(=O)(=O)[C@@H](C)[C@H](OC)c2cnc(C)cn2)n1-c1c(OC)cccc1OC. The second-order valence-corrected chi connectivity index (χ2v) is 10.4. The Morgan fingerprint density at radius 1 is 1.08 bits per heavy atom. The third-order valence-electron chi connectivity index (χ3n) is 5.52. The van der Waals surface area contributed by atoms with E-state index >= 15 is 0 Å². The number of rotatable bonds is 12. The number of hydrogen-bond acceptors (Lipinski definition) is 11. The molecule has 0 radical (unpaired) electrons. The van der Waals surface area contributed by atoms with E-state index in [-0.39, 0.29) is 11.8 Å². The molecule has 38 heavy (non-hydrogen) atoms. The number of allylic oxidation sites excluding steroid dienone is 1. The normalized spacial score (nSPS) is 13.5. The van der Waals surface area contributed by atoms with Gasteiger partial charge in [0.1, 0.15) is 34.3 Å². The van der Waals surface area contributed by atoms with Crippen molar-refractivity contribution in [2.24, 2.45) is 5.10 Å². The van der Waals surface area contributed by atoms with Gasteiger partial charge in [0.2, 0.25) is 16.0 Å². The van der Waals surface area contributed by atoms with Crippen LogP contribution in [-0.2, 0) is 14.8 Å². The lowest BCUT2D eigenvalue weighted by Crippen LogP contribution is -2.33. The number of methoxy groups -OCH3 is 3. The van der Waals surface area contributed by atoms with Crippen LogP contribution >= 0.6 is 0 Å². The molecule has 2 heterocycles. The average molecular weight is 545 g/mol. The molecule has 2 N–H and O–H groups in total. The number of ether oxygens (including phenoxy) is 3. The zero-order chi connectivity index (χ0) is 28.0. The van der Waals surface area contributed by atoms with Gasteiger partial charge in [-0.1, -0.05) is 12.6 Å². The van der Waals surface area contributed by atoms with E-state index in [1.165, 1.54) is 39.0 Å². The van der Waals surface area contributed by atoms with Crippen molar-refractivity contribution in [3.63, 3.8) is 0 Å². The summed E-state index contributed by atoms with van der Waals surface area (Å²) in [5, 5.41) is 11.5. The van der Waals surface area contributed by atoms with Gasteiger partial charge in [-0.2, -0.15) is 5.10 Å². The number of hydrogen-bond donors (Lipinski definition) is 2. The van der Waals surface area contributed by atoms with Crippen LogP contribution in [0.5, 0.6) is 11.5 Å². The minimum atomic E-state index is -4.11. The fourth-order valence-corrected chi connectivity index (χ4v) is 4.71. The molecule has 0 amide bonds. The van der Waals surface area contributed by atoms with Crippen LogP contribution in [0.4, 0.5) is 5.95 Å². The van der Waals surface area contributed by atoms with E-state index in [0.717, 1.165) is 0 Å². The van der Waals surface area contributed by atoms with Gasteiger partial charge < -0.3 is 14.2 Å². The minimum absolute atomic E-state index is 0.107. The number of sulfonamides is 1. The van der Waals surface area contributed by atoms with Crippen LogP contribution in [0.15, 0.2) is 48.0 Å². The van der Waals surface area contributed by atoms with Crippen molar-refractivity contribution >= 4 is 21.7 Å². The second kappa shape index (κ2) is 12.0. The molecule has 0 aliphatic carbocycles. The van der Waals surface area contributed by atoms with Gasteiger partial charge >= 0.3 is 0 Å². The smallest absolute Gasteiger partial charge is 0.243 e. The van der Waals surface area contributed by atoms with Gasteiger partial charge in [-0.15, -0.1) is 10.2 Å². The lowest BCUT2D eigenvalue weighted by Gasteiger charge is -2.23. The van der Waals surface area contributed by atoms with E-state index in [0.29, 0.717) is 40.0 Å².